The monoisotopic (exact) mass is 222 g/mol. The summed E-state index contributed by atoms with van der Waals surface area (Å²) in [5.41, 5.74) is 0.652. The number of nitrogens with one attached hydrogen (secondary N) is 1. The van der Waals surface area contributed by atoms with Crippen LogP contribution in [-0.4, -0.2) is 9.94 Å². The molecule has 2 N–H and O–H groups in total. The zero-order chi connectivity index (χ0) is 9.30. The van der Waals surface area contributed by atoms with Gasteiger partial charge in [-0.2, -0.15) is 4.73 Å². The molecule has 0 aliphatic rings. The van der Waals surface area contributed by atoms with Gasteiger partial charge >= 0.3 is 0 Å². The second-order valence-electron chi connectivity index (χ2n) is 2.95. The number of nitrogens with zero attached hydrogens (tertiary/aromatic N) is 1. The summed E-state index contributed by atoms with van der Waals surface area (Å²) in [7, 11) is 0. The van der Waals surface area contributed by atoms with E-state index in [0.717, 1.165) is 4.73 Å². The van der Waals surface area contributed by atoms with Crippen LogP contribution in [0.2, 0.25) is 5.02 Å². The summed E-state index contributed by atoms with van der Waals surface area (Å²) >= 11 is 5.72. The van der Waals surface area contributed by atoms with Crippen molar-refractivity contribution in [1.82, 2.24) is 4.73 Å². The van der Waals surface area contributed by atoms with E-state index in [1.807, 2.05) is 13.8 Å². The van der Waals surface area contributed by atoms with Crippen LogP contribution in [-0.2, 0) is 0 Å². The lowest BCUT2D eigenvalue weighted by molar-refractivity contribution is 0.158. The van der Waals surface area contributed by atoms with Crippen LogP contribution in [0.1, 0.15) is 25.5 Å². The first kappa shape index (κ1) is 12.3. The second kappa shape index (κ2) is 4.53. The lowest BCUT2D eigenvalue weighted by Crippen LogP contribution is -2.21. The van der Waals surface area contributed by atoms with E-state index in [-0.39, 0.29) is 23.8 Å². The molecule has 13 heavy (non-hydrogen) atoms. The standard InChI is InChI=1S/C8H11ClN2O.ClH/c1-5(2)7-3-6(9)4-8(10)11(7)12;/h3-5,10,12H,1-2H3;1H. The van der Waals surface area contributed by atoms with E-state index in [2.05, 4.69) is 0 Å². The Kier molecular flexibility index (Phi) is 4.30. The van der Waals surface area contributed by atoms with Gasteiger partial charge in [0.05, 0.1) is 5.69 Å². The predicted molar refractivity (Wildman–Crippen MR) is 53.8 cm³/mol. The first-order chi connectivity index (χ1) is 5.52. The fourth-order valence-electron chi connectivity index (χ4n) is 0.986. The molecule has 0 saturated heterocycles. The molecule has 3 nitrogen and oxygen atoms in total. The maximum Gasteiger partial charge on any atom is 0.162 e. The molecule has 0 spiro atoms. The van der Waals surface area contributed by atoms with Gasteiger partial charge in [0.1, 0.15) is 0 Å². The average molecular weight is 223 g/mol. The maximum absolute atomic E-state index is 9.36. The summed E-state index contributed by atoms with van der Waals surface area (Å²) in [5, 5.41) is 17.2. The quantitative estimate of drug-likeness (QED) is 0.705. The number of halogens is 2. The Morgan fingerprint density at radius 3 is 2.46 bits per heavy atom. The van der Waals surface area contributed by atoms with Crippen molar-refractivity contribution < 1.29 is 5.21 Å². The van der Waals surface area contributed by atoms with Crippen molar-refractivity contribution in [2.45, 2.75) is 19.8 Å². The van der Waals surface area contributed by atoms with Crippen LogP contribution in [0.25, 0.3) is 0 Å². The van der Waals surface area contributed by atoms with Crippen molar-refractivity contribution in [3.63, 3.8) is 0 Å². The minimum absolute atomic E-state index is 0. The van der Waals surface area contributed by atoms with Crippen molar-refractivity contribution in [1.29, 1.82) is 5.41 Å². The summed E-state index contributed by atoms with van der Waals surface area (Å²) in [5.74, 6) is 0.151. The van der Waals surface area contributed by atoms with Gasteiger partial charge in [-0.05, 0) is 12.0 Å². The highest BCUT2D eigenvalue weighted by Gasteiger charge is 2.06. The summed E-state index contributed by atoms with van der Waals surface area (Å²) < 4.78 is 0.844. The Balaban J connectivity index is 0.00000144. The molecule has 0 unspecified atom stereocenters. The highest BCUT2D eigenvalue weighted by atomic mass is 35.5. The van der Waals surface area contributed by atoms with Gasteiger partial charge in [0.2, 0.25) is 0 Å². The summed E-state index contributed by atoms with van der Waals surface area (Å²) in [6.07, 6.45) is 0. The molecule has 0 aliphatic heterocycles. The molecule has 5 heteroatoms. The minimum Gasteiger partial charge on any atom is -0.427 e. The molecule has 1 aromatic rings. The van der Waals surface area contributed by atoms with Gasteiger partial charge in [-0.15, -0.1) is 12.4 Å². The molecular formula is C8H12Cl2N2O. The number of rotatable bonds is 1. The van der Waals surface area contributed by atoms with Crippen LogP contribution in [0.3, 0.4) is 0 Å². The van der Waals surface area contributed by atoms with E-state index in [4.69, 9.17) is 17.0 Å². The van der Waals surface area contributed by atoms with Gasteiger partial charge in [0, 0.05) is 11.1 Å². The third-order valence-corrected chi connectivity index (χ3v) is 1.84. The Hall–Kier alpha value is -0.670. The molecule has 1 aromatic heterocycles. The van der Waals surface area contributed by atoms with Crippen LogP contribution < -0.4 is 5.49 Å². The molecule has 0 radical (unpaired) electrons. The molecule has 0 atom stereocenters. The van der Waals surface area contributed by atoms with E-state index in [9.17, 15) is 5.21 Å². The third-order valence-electron chi connectivity index (χ3n) is 1.62. The number of hydrogen-bond donors (Lipinski definition) is 2. The molecule has 0 saturated carbocycles. The summed E-state index contributed by atoms with van der Waals surface area (Å²) in [6.45, 7) is 3.86. The molecule has 0 fully saturated rings. The smallest absolute Gasteiger partial charge is 0.162 e. The maximum atomic E-state index is 9.36. The van der Waals surface area contributed by atoms with E-state index < -0.39 is 0 Å². The minimum atomic E-state index is 0. The molecule has 0 aromatic carbocycles. The molecule has 0 aliphatic carbocycles. The zero-order valence-corrected chi connectivity index (χ0v) is 8.99. The fraction of sp³-hybridized carbons (Fsp3) is 0.375. The average Bonchev–Trinajstić information content (AvgIpc) is 1.96. The summed E-state index contributed by atoms with van der Waals surface area (Å²) in [4.78, 5) is 0. The van der Waals surface area contributed by atoms with Crippen LogP contribution in [0.5, 0.6) is 0 Å². The lowest BCUT2D eigenvalue weighted by Gasteiger charge is -2.10. The molecular weight excluding hydrogens is 211 g/mol. The SMILES string of the molecule is CC(C)c1cc(Cl)cc(=N)n1O.Cl. The highest BCUT2D eigenvalue weighted by molar-refractivity contribution is 6.30. The van der Waals surface area contributed by atoms with Crippen molar-refractivity contribution >= 4 is 24.0 Å². The van der Waals surface area contributed by atoms with Crippen molar-refractivity contribution in [3.8, 4) is 0 Å². The first-order valence-corrected chi connectivity index (χ1v) is 4.06. The van der Waals surface area contributed by atoms with E-state index in [0.29, 0.717) is 10.7 Å². The Labute approximate surface area is 87.8 Å². The zero-order valence-electron chi connectivity index (χ0n) is 7.41. The van der Waals surface area contributed by atoms with Crippen molar-refractivity contribution in [3.05, 3.63) is 28.3 Å². The Bertz CT molecular complexity index is 346. The molecule has 0 amide bonds. The van der Waals surface area contributed by atoms with Gasteiger partial charge < -0.3 is 5.21 Å². The van der Waals surface area contributed by atoms with Crippen molar-refractivity contribution in [2.24, 2.45) is 0 Å². The van der Waals surface area contributed by atoms with E-state index >= 15 is 0 Å². The van der Waals surface area contributed by atoms with Crippen LogP contribution >= 0.6 is 24.0 Å². The van der Waals surface area contributed by atoms with Crippen LogP contribution in [0.4, 0.5) is 0 Å². The topological polar surface area (TPSA) is 49.0 Å². The van der Waals surface area contributed by atoms with Crippen molar-refractivity contribution in [2.75, 3.05) is 0 Å². The second-order valence-corrected chi connectivity index (χ2v) is 3.39. The van der Waals surface area contributed by atoms with Crippen LogP contribution in [0.15, 0.2) is 12.1 Å². The number of pyridine rings is 1. The molecule has 74 valence electrons. The normalized spacial score (nSPS) is 9.85. The Morgan fingerprint density at radius 2 is 2.00 bits per heavy atom. The number of aromatic nitrogens is 1. The van der Waals surface area contributed by atoms with Gasteiger partial charge in [-0.25, -0.2) is 0 Å². The van der Waals surface area contributed by atoms with E-state index in [1.54, 1.807) is 6.07 Å². The fourth-order valence-corrected chi connectivity index (χ4v) is 1.20. The Morgan fingerprint density at radius 1 is 1.46 bits per heavy atom. The lowest BCUT2D eigenvalue weighted by atomic mass is 10.1. The first-order valence-electron chi connectivity index (χ1n) is 3.68. The number of hydrogen-bond acceptors (Lipinski definition) is 2. The highest BCUT2D eigenvalue weighted by Crippen LogP contribution is 2.15. The van der Waals surface area contributed by atoms with Gasteiger partial charge in [-0.3, -0.25) is 5.41 Å². The largest absolute Gasteiger partial charge is 0.427 e. The molecule has 1 rings (SSSR count). The predicted octanol–water partition coefficient (Wildman–Crippen LogP) is 2.40. The van der Waals surface area contributed by atoms with Crippen LogP contribution in [0, 0.1) is 5.41 Å². The van der Waals surface area contributed by atoms with Gasteiger partial charge in [-0.1, -0.05) is 25.4 Å². The summed E-state index contributed by atoms with van der Waals surface area (Å²) in [6, 6.07) is 3.05. The molecule has 0 bridgehead atoms. The van der Waals surface area contributed by atoms with E-state index in [1.165, 1.54) is 6.07 Å². The molecule has 1 heterocycles. The third kappa shape index (κ3) is 2.64. The van der Waals surface area contributed by atoms with Gasteiger partial charge in [0.25, 0.3) is 0 Å². The van der Waals surface area contributed by atoms with Gasteiger partial charge in [0.15, 0.2) is 5.49 Å².